The molecule has 2 rings (SSSR count). The van der Waals surface area contributed by atoms with Gasteiger partial charge < -0.3 is 10.6 Å². The standard InChI is InChI=1S/2C10H11NOS2/c2*1-2-14-10(13)11-9(12)8-6-4-3-5-7-8/h2*3-7H,2H2,1H3,(H,11,12,13). The summed E-state index contributed by atoms with van der Waals surface area (Å²) in [5.41, 5.74) is 1.26. The van der Waals surface area contributed by atoms with E-state index in [1.54, 1.807) is 24.3 Å². The molecule has 2 aromatic carbocycles. The molecule has 0 aromatic heterocycles. The molecule has 0 radical (unpaired) electrons. The number of hydrogen-bond acceptors (Lipinski definition) is 6. The predicted octanol–water partition coefficient (Wildman–Crippen LogP) is 4.91. The van der Waals surface area contributed by atoms with Crippen molar-refractivity contribution in [1.82, 2.24) is 10.6 Å². The lowest BCUT2D eigenvalue weighted by Crippen LogP contribution is -2.26. The van der Waals surface area contributed by atoms with Crippen LogP contribution in [0.3, 0.4) is 0 Å². The Balaban J connectivity index is 0.000000280. The Morgan fingerprint density at radius 3 is 1.32 bits per heavy atom. The summed E-state index contributed by atoms with van der Waals surface area (Å²) in [6.07, 6.45) is 0. The fourth-order valence-corrected chi connectivity index (χ4v) is 3.59. The first-order valence-electron chi connectivity index (χ1n) is 8.54. The zero-order valence-electron chi connectivity index (χ0n) is 15.6. The Morgan fingerprint density at radius 1 is 0.714 bits per heavy atom. The molecule has 148 valence electrons. The van der Waals surface area contributed by atoms with E-state index < -0.39 is 0 Å². The van der Waals surface area contributed by atoms with Gasteiger partial charge >= 0.3 is 0 Å². The van der Waals surface area contributed by atoms with Crippen LogP contribution in [0, 0.1) is 0 Å². The van der Waals surface area contributed by atoms with Gasteiger partial charge in [0.15, 0.2) is 0 Å². The van der Waals surface area contributed by atoms with Crippen molar-refractivity contribution in [2.24, 2.45) is 0 Å². The van der Waals surface area contributed by atoms with E-state index in [1.807, 2.05) is 50.2 Å². The zero-order chi connectivity index (χ0) is 20.8. The number of nitrogens with one attached hydrogen (secondary N) is 2. The van der Waals surface area contributed by atoms with E-state index in [9.17, 15) is 9.59 Å². The van der Waals surface area contributed by atoms with E-state index in [1.165, 1.54) is 23.5 Å². The van der Waals surface area contributed by atoms with Crippen molar-refractivity contribution >= 4 is 68.4 Å². The van der Waals surface area contributed by atoms with Gasteiger partial charge in [-0.05, 0) is 35.8 Å². The SMILES string of the molecule is CCSC(=S)NC(=O)c1ccccc1.CCSC(=S)NC(=O)c1ccccc1. The Kier molecular flexibility index (Phi) is 12.4. The average Bonchev–Trinajstić information content (AvgIpc) is 2.70. The molecule has 0 aliphatic rings. The molecule has 0 atom stereocenters. The normalized spacial score (nSPS) is 9.50. The summed E-state index contributed by atoms with van der Waals surface area (Å²) >= 11 is 12.8. The predicted molar refractivity (Wildman–Crippen MR) is 129 cm³/mol. The summed E-state index contributed by atoms with van der Waals surface area (Å²) < 4.78 is 1.06. The Hall–Kier alpha value is -1.74. The molecule has 0 saturated carbocycles. The Bertz CT molecular complexity index is 716. The third-order valence-electron chi connectivity index (χ3n) is 3.05. The molecular weight excluding hydrogens is 429 g/mol. The molecule has 0 heterocycles. The largest absolute Gasteiger partial charge is 0.308 e. The third kappa shape index (κ3) is 9.98. The van der Waals surface area contributed by atoms with Gasteiger partial charge in [0.1, 0.15) is 8.64 Å². The van der Waals surface area contributed by atoms with Crippen LogP contribution in [0.5, 0.6) is 0 Å². The third-order valence-corrected chi connectivity index (χ3v) is 5.27. The summed E-state index contributed by atoms with van der Waals surface area (Å²) in [6.45, 7) is 3.98. The summed E-state index contributed by atoms with van der Waals surface area (Å²) in [5, 5.41) is 5.31. The molecule has 28 heavy (non-hydrogen) atoms. The molecule has 0 aliphatic heterocycles. The zero-order valence-corrected chi connectivity index (χ0v) is 18.9. The van der Waals surface area contributed by atoms with Gasteiger partial charge in [0, 0.05) is 11.1 Å². The number of thioether (sulfide) groups is 2. The lowest BCUT2D eigenvalue weighted by atomic mass is 10.2. The van der Waals surface area contributed by atoms with Gasteiger partial charge in [-0.15, -0.1) is 0 Å². The molecule has 2 amide bonds. The van der Waals surface area contributed by atoms with Crippen LogP contribution in [0.4, 0.5) is 0 Å². The fourth-order valence-electron chi connectivity index (χ4n) is 1.84. The van der Waals surface area contributed by atoms with Crippen molar-refractivity contribution in [1.29, 1.82) is 0 Å². The lowest BCUT2D eigenvalue weighted by molar-refractivity contribution is 0.0970. The van der Waals surface area contributed by atoms with Crippen molar-refractivity contribution < 1.29 is 9.59 Å². The minimum atomic E-state index is -0.142. The maximum Gasteiger partial charge on any atom is 0.256 e. The minimum Gasteiger partial charge on any atom is -0.308 e. The monoisotopic (exact) mass is 450 g/mol. The maximum absolute atomic E-state index is 11.5. The smallest absolute Gasteiger partial charge is 0.256 e. The minimum absolute atomic E-state index is 0.142. The average molecular weight is 451 g/mol. The number of benzene rings is 2. The van der Waals surface area contributed by atoms with Crippen molar-refractivity contribution in [2.75, 3.05) is 11.5 Å². The van der Waals surface area contributed by atoms with Crippen LogP contribution in [0.2, 0.25) is 0 Å². The topological polar surface area (TPSA) is 58.2 Å². The van der Waals surface area contributed by atoms with Crippen LogP contribution in [-0.2, 0) is 0 Å². The second-order valence-corrected chi connectivity index (χ2v) is 8.96. The van der Waals surface area contributed by atoms with Crippen molar-refractivity contribution in [3.05, 3.63) is 71.8 Å². The molecular formula is C20H22N2O2S4. The number of carbonyl (C=O) groups is 2. The van der Waals surface area contributed by atoms with Crippen LogP contribution in [0.15, 0.2) is 60.7 Å². The van der Waals surface area contributed by atoms with Crippen LogP contribution in [0.1, 0.15) is 34.6 Å². The number of thiocarbonyl (C=S) groups is 2. The van der Waals surface area contributed by atoms with Gasteiger partial charge in [-0.1, -0.05) is 98.2 Å². The summed E-state index contributed by atoms with van der Waals surface area (Å²) in [5.74, 6) is 1.45. The van der Waals surface area contributed by atoms with E-state index in [2.05, 4.69) is 10.6 Å². The van der Waals surface area contributed by atoms with Gasteiger partial charge in [-0.25, -0.2) is 0 Å². The molecule has 2 aromatic rings. The van der Waals surface area contributed by atoms with Crippen molar-refractivity contribution in [2.45, 2.75) is 13.8 Å². The van der Waals surface area contributed by atoms with E-state index in [0.717, 1.165) is 11.5 Å². The highest BCUT2D eigenvalue weighted by Crippen LogP contribution is 2.04. The highest BCUT2D eigenvalue weighted by Gasteiger charge is 2.06. The van der Waals surface area contributed by atoms with Crippen molar-refractivity contribution in [3.63, 3.8) is 0 Å². The highest BCUT2D eigenvalue weighted by atomic mass is 32.2. The van der Waals surface area contributed by atoms with Gasteiger partial charge in [0.2, 0.25) is 0 Å². The van der Waals surface area contributed by atoms with Gasteiger partial charge in [-0.2, -0.15) is 0 Å². The highest BCUT2D eigenvalue weighted by molar-refractivity contribution is 8.23. The summed E-state index contributed by atoms with van der Waals surface area (Å²) in [7, 11) is 0. The van der Waals surface area contributed by atoms with E-state index >= 15 is 0 Å². The van der Waals surface area contributed by atoms with Crippen molar-refractivity contribution in [3.8, 4) is 0 Å². The van der Waals surface area contributed by atoms with E-state index in [0.29, 0.717) is 19.8 Å². The second kappa shape index (κ2) is 14.3. The number of hydrogen-bond donors (Lipinski definition) is 2. The Labute approximate surface area is 185 Å². The van der Waals surface area contributed by atoms with Gasteiger partial charge in [-0.3, -0.25) is 9.59 Å². The van der Waals surface area contributed by atoms with Gasteiger partial charge in [0.25, 0.3) is 11.8 Å². The first-order chi connectivity index (χ1) is 13.5. The Morgan fingerprint density at radius 2 is 1.04 bits per heavy atom. The number of rotatable bonds is 4. The summed E-state index contributed by atoms with van der Waals surface area (Å²) in [6, 6.07) is 18.1. The van der Waals surface area contributed by atoms with E-state index in [-0.39, 0.29) is 11.8 Å². The maximum atomic E-state index is 11.5. The molecule has 0 bridgehead atoms. The van der Waals surface area contributed by atoms with Crippen LogP contribution < -0.4 is 10.6 Å². The van der Waals surface area contributed by atoms with Crippen LogP contribution >= 0.6 is 48.0 Å². The first kappa shape index (κ1) is 24.3. The first-order valence-corrected chi connectivity index (χ1v) is 11.3. The van der Waals surface area contributed by atoms with E-state index in [4.69, 9.17) is 24.4 Å². The molecule has 0 fully saturated rings. The van der Waals surface area contributed by atoms with Crippen LogP contribution in [0.25, 0.3) is 0 Å². The van der Waals surface area contributed by atoms with Gasteiger partial charge in [0.05, 0.1) is 0 Å². The number of amides is 2. The molecule has 2 N–H and O–H groups in total. The second-order valence-electron chi connectivity index (χ2n) is 5.08. The molecule has 0 unspecified atom stereocenters. The molecule has 0 spiro atoms. The quantitative estimate of drug-likeness (QED) is 0.646. The lowest BCUT2D eigenvalue weighted by Gasteiger charge is -2.04. The molecule has 0 aliphatic carbocycles. The van der Waals surface area contributed by atoms with Crippen LogP contribution in [-0.4, -0.2) is 32.0 Å². The fraction of sp³-hybridized carbons (Fsp3) is 0.200. The summed E-state index contributed by atoms with van der Waals surface area (Å²) in [4.78, 5) is 23.0. The molecule has 8 heteroatoms. The number of carbonyl (C=O) groups excluding carboxylic acids is 2. The molecule has 4 nitrogen and oxygen atoms in total. The molecule has 0 saturated heterocycles.